The molecule has 2 nitrogen and oxygen atoms in total. The van der Waals surface area contributed by atoms with E-state index in [0.717, 1.165) is 21.5 Å². The fourth-order valence-electron chi connectivity index (χ4n) is 9.45. The number of aromatic nitrogens is 2. The molecule has 7 aromatic carbocycles. The molecule has 0 radical (unpaired) electrons. The first-order valence-corrected chi connectivity index (χ1v) is 19.9. The molecule has 0 amide bonds. The topological polar surface area (TPSA) is 25.8 Å². The molecule has 2 heterocycles. The van der Waals surface area contributed by atoms with Crippen molar-refractivity contribution >= 4 is 31.6 Å². The predicted molar refractivity (Wildman–Crippen MR) is 232 cm³/mol. The molecule has 2 aliphatic rings. The fraction of sp³-hybridized carbons (Fsp3) is 0.115. The molecular formula is C52H38N2S. The Bertz CT molecular complexity index is 3050. The van der Waals surface area contributed by atoms with Crippen LogP contribution in [0.15, 0.2) is 158 Å². The summed E-state index contributed by atoms with van der Waals surface area (Å²) in [6.07, 6.45) is 1.73. The van der Waals surface area contributed by atoms with Gasteiger partial charge in [-0.1, -0.05) is 143 Å². The monoisotopic (exact) mass is 722 g/mol. The third-order valence-corrected chi connectivity index (χ3v) is 13.6. The average molecular weight is 723 g/mol. The Kier molecular flexibility index (Phi) is 6.85. The highest BCUT2D eigenvalue weighted by Crippen LogP contribution is 2.51. The average Bonchev–Trinajstić information content (AvgIpc) is 3.80. The first kappa shape index (κ1) is 32.3. The summed E-state index contributed by atoms with van der Waals surface area (Å²) in [4.78, 5) is 9.76. The second-order valence-corrected chi connectivity index (χ2v) is 17.3. The lowest BCUT2D eigenvalue weighted by atomic mass is 9.81. The van der Waals surface area contributed by atoms with E-state index in [1.807, 2.05) is 0 Å². The quantitative estimate of drug-likeness (QED) is 0.181. The van der Waals surface area contributed by atoms with Gasteiger partial charge in [-0.15, -0.1) is 11.3 Å². The van der Waals surface area contributed by atoms with Crippen LogP contribution in [-0.4, -0.2) is 9.97 Å². The van der Waals surface area contributed by atoms with Gasteiger partial charge in [0.15, 0.2) is 0 Å². The van der Waals surface area contributed by atoms with E-state index in [1.165, 1.54) is 88.0 Å². The normalized spacial score (nSPS) is 14.5. The Hall–Kier alpha value is -6.16. The summed E-state index contributed by atoms with van der Waals surface area (Å²) in [5, 5.41) is 1.17. The lowest BCUT2D eigenvalue weighted by Gasteiger charge is -2.22. The fourth-order valence-corrected chi connectivity index (χ4v) is 10.6. The van der Waals surface area contributed by atoms with Crippen LogP contribution >= 0.6 is 11.3 Å². The number of hydrogen-bond acceptors (Lipinski definition) is 3. The van der Waals surface area contributed by atoms with Crippen LogP contribution in [0.3, 0.4) is 0 Å². The maximum absolute atomic E-state index is 4.89. The van der Waals surface area contributed by atoms with Gasteiger partial charge in [-0.3, -0.25) is 0 Å². The van der Waals surface area contributed by atoms with Crippen LogP contribution in [0.4, 0.5) is 0 Å². The first-order chi connectivity index (χ1) is 26.8. The molecule has 0 saturated heterocycles. The van der Waals surface area contributed by atoms with Crippen molar-refractivity contribution in [3.63, 3.8) is 0 Å². The summed E-state index contributed by atoms with van der Waals surface area (Å²) in [6.45, 7) is 9.37. The standard InChI is InChI=1S/C52H38N2S/c1-51(2)43-17-7-5-15-38(43)40-22-19-35(28-45(40)51)32-12-9-11-31(25-32)34-21-24-47-42(27-34)49-50(55-47)48(53-30-54-49)37-14-10-13-33(26-37)36-20-23-41-39-16-6-8-18-44(39)52(3,4)46(41)29-36/h5-30H,1-4H3. The number of rotatable bonds is 4. The summed E-state index contributed by atoms with van der Waals surface area (Å²) in [5.74, 6) is 0. The van der Waals surface area contributed by atoms with E-state index >= 15 is 0 Å². The zero-order valence-corrected chi connectivity index (χ0v) is 32.1. The van der Waals surface area contributed by atoms with Gasteiger partial charge in [-0.2, -0.15) is 0 Å². The van der Waals surface area contributed by atoms with Crippen molar-refractivity contribution in [2.24, 2.45) is 0 Å². The van der Waals surface area contributed by atoms with Crippen molar-refractivity contribution in [2.45, 2.75) is 38.5 Å². The zero-order chi connectivity index (χ0) is 37.1. The highest BCUT2D eigenvalue weighted by molar-refractivity contribution is 7.26. The second kappa shape index (κ2) is 11.7. The molecule has 9 aromatic rings. The van der Waals surface area contributed by atoms with E-state index in [1.54, 1.807) is 17.7 Å². The van der Waals surface area contributed by atoms with Crippen LogP contribution in [0.2, 0.25) is 0 Å². The minimum atomic E-state index is -0.0401. The smallest absolute Gasteiger partial charge is 0.116 e. The van der Waals surface area contributed by atoms with Gasteiger partial charge in [0.2, 0.25) is 0 Å². The van der Waals surface area contributed by atoms with Gasteiger partial charge in [-0.05, 0) is 114 Å². The highest BCUT2D eigenvalue weighted by atomic mass is 32.1. The summed E-state index contributed by atoms with van der Waals surface area (Å²) >= 11 is 1.78. The van der Waals surface area contributed by atoms with Gasteiger partial charge >= 0.3 is 0 Å². The van der Waals surface area contributed by atoms with E-state index in [0.29, 0.717) is 0 Å². The van der Waals surface area contributed by atoms with E-state index in [4.69, 9.17) is 9.97 Å². The Morgan fingerprint density at radius 2 is 0.873 bits per heavy atom. The Balaban J connectivity index is 0.946. The summed E-state index contributed by atoms with van der Waals surface area (Å²) < 4.78 is 2.33. The van der Waals surface area contributed by atoms with Crippen LogP contribution in [-0.2, 0) is 10.8 Å². The van der Waals surface area contributed by atoms with Crippen molar-refractivity contribution in [3.8, 4) is 66.9 Å². The number of benzene rings is 7. The summed E-state index contributed by atoms with van der Waals surface area (Å²) in [6, 6.07) is 56.3. The Labute approximate surface area is 325 Å². The Morgan fingerprint density at radius 3 is 1.47 bits per heavy atom. The molecule has 0 atom stereocenters. The highest BCUT2D eigenvalue weighted by Gasteiger charge is 2.36. The van der Waals surface area contributed by atoms with Gasteiger partial charge in [0.05, 0.1) is 15.9 Å². The largest absolute Gasteiger partial charge is 0.235 e. The van der Waals surface area contributed by atoms with Gasteiger partial charge in [0, 0.05) is 26.5 Å². The molecule has 0 unspecified atom stereocenters. The molecule has 0 spiro atoms. The molecule has 0 N–H and O–H groups in total. The number of thiophene rings is 1. The lowest BCUT2D eigenvalue weighted by Crippen LogP contribution is -2.14. The van der Waals surface area contributed by atoms with Crippen LogP contribution in [0.5, 0.6) is 0 Å². The molecule has 3 heteroatoms. The summed E-state index contributed by atoms with van der Waals surface area (Å²) in [7, 11) is 0. The minimum absolute atomic E-state index is 0.0291. The van der Waals surface area contributed by atoms with E-state index in [2.05, 4.69) is 179 Å². The molecule has 55 heavy (non-hydrogen) atoms. The minimum Gasteiger partial charge on any atom is -0.235 e. The molecule has 0 saturated carbocycles. The van der Waals surface area contributed by atoms with E-state index in [-0.39, 0.29) is 10.8 Å². The molecule has 11 rings (SSSR count). The predicted octanol–water partition coefficient (Wildman–Crippen LogP) is 14.1. The van der Waals surface area contributed by atoms with E-state index < -0.39 is 0 Å². The molecule has 2 aliphatic carbocycles. The number of hydrogen-bond donors (Lipinski definition) is 0. The van der Waals surface area contributed by atoms with Crippen LogP contribution < -0.4 is 0 Å². The third-order valence-electron chi connectivity index (χ3n) is 12.4. The third kappa shape index (κ3) is 4.79. The molecule has 2 aromatic heterocycles. The van der Waals surface area contributed by atoms with Crippen LogP contribution in [0, 0.1) is 0 Å². The second-order valence-electron chi connectivity index (χ2n) is 16.2. The van der Waals surface area contributed by atoms with Crippen molar-refractivity contribution in [1.82, 2.24) is 9.97 Å². The lowest BCUT2D eigenvalue weighted by molar-refractivity contribution is 0.660. The maximum Gasteiger partial charge on any atom is 0.116 e. The van der Waals surface area contributed by atoms with Gasteiger partial charge in [-0.25, -0.2) is 9.97 Å². The van der Waals surface area contributed by atoms with Crippen molar-refractivity contribution in [2.75, 3.05) is 0 Å². The zero-order valence-electron chi connectivity index (χ0n) is 31.3. The first-order valence-electron chi connectivity index (χ1n) is 19.1. The number of nitrogens with zero attached hydrogens (tertiary/aromatic N) is 2. The molecule has 0 aliphatic heterocycles. The molecule has 0 bridgehead atoms. The maximum atomic E-state index is 4.89. The number of fused-ring (bicyclic) bond motifs is 9. The van der Waals surface area contributed by atoms with Gasteiger partial charge in [0.25, 0.3) is 0 Å². The SMILES string of the molecule is CC1(C)c2ccccc2-c2ccc(-c3cccc(-c4ccc5sc6c(-c7cccc(-c8ccc9c(c8)C(C)(C)c8ccccc8-9)c7)ncnc6c5c4)c3)cc21. The van der Waals surface area contributed by atoms with Crippen molar-refractivity contribution < 1.29 is 0 Å². The summed E-state index contributed by atoms with van der Waals surface area (Å²) in [5.41, 5.74) is 21.3. The van der Waals surface area contributed by atoms with Crippen LogP contribution in [0.1, 0.15) is 49.9 Å². The molecule has 262 valence electrons. The Morgan fingerprint density at radius 1 is 0.400 bits per heavy atom. The van der Waals surface area contributed by atoms with E-state index in [9.17, 15) is 0 Å². The van der Waals surface area contributed by atoms with Gasteiger partial charge in [0.1, 0.15) is 6.33 Å². The van der Waals surface area contributed by atoms with Crippen LogP contribution in [0.25, 0.3) is 87.2 Å². The molecular weight excluding hydrogens is 685 g/mol. The van der Waals surface area contributed by atoms with Gasteiger partial charge < -0.3 is 0 Å². The van der Waals surface area contributed by atoms with Crippen molar-refractivity contribution in [1.29, 1.82) is 0 Å². The van der Waals surface area contributed by atoms with Crippen molar-refractivity contribution in [3.05, 3.63) is 180 Å². The molecule has 0 fully saturated rings.